The highest BCUT2D eigenvalue weighted by atomic mass is 35.5. The third-order valence-electron chi connectivity index (χ3n) is 3.35. The van der Waals surface area contributed by atoms with Crippen molar-refractivity contribution in [1.29, 1.82) is 0 Å². The smallest absolute Gasteiger partial charge is 0.323 e. The van der Waals surface area contributed by atoms with E-state index in [0.717, 1.165) is 35.3 Å². The van der Waals surface area contributed by atoms with E-state index in [1.165, 1.54) is 0 Å². The molecule has 3 N–H and O–H groups in total. The Labute approximate surface area is 126 Å². The zero-order valence-electron chi connectivity index (χ0n) is 11.6. The van der Waals surface area contributed by atoms with E-state index in [1.54, 1.807) is 6.07 Å². The Bertz CT molecular complexity index is 802. The van der Waals surface area contributed by atoms with Gasteiger partial charge in [0.25, 0.3) is 0 Å². The van der Waals surface area contributed by atoms with Crippen LogP contribution < -0.4 is 11.0 Å². The standard InChI is InChI=1S/C15H16ClN3O2/c1-2-7-17-14(12-5-6-13(16)21-12)9-3-4-10-11(8-9)19-15(20)18-10/h3-6,8,14,17H,2,7H2,1H3,(H2,18,19,20). The molecule has 0 radical (unpaired) electrons. The molecule has 2 heterocycles. The third kappa shape index (κ3) is 2.89. The van der Waals surface area contributed by atoms with E-state index in [4.69, 9.17) is 16.0 Å². The number of benzene rings is 1. The average molecular weight is 306 g/mol. The molecular formula is C15H16ClN3O2. The summed E-state index contributed by atoms with van der Waals surface area (Å²) in [5.41, 5.74) is 2.37. The summed E-state index contributed by atoms with van der Waals surface area (Å²) >= 11 is 5.88. The number of halogens is 1. The number of hydrogen-bond acceptors (Lipinski definition) is 3. The van der Waals surface area contributed by atoms with Crippen molar-refractivity contribution >= 4 is 22.6 Å². The molecule has 110 valence electrons. The van der Waals surface area contributed by atoms with Gasteiger partial charge in [0.15, 0.2) is 5.22 Å². The Balaban J connectivity index is 2.02. The summed E-state index contributed by atoms with van der Waals surface area (Å²) in [6.45, 7) is 2.96. The number of aromatic nitrogens is 2. The Hall–Kier alpha value is -1.98. The lowest BCUT2D eigenvalue weighted by molar-refractivity contribution is 0.448. The molecule has 6 heteroatoms. The molecule has 0 aliphatic heterocycles. The number of imidazole rings is 1. The van der Waals surface area contributed by atoms with Crippen LogP contribution in [-0.2, 0) is 0 Å². The lowest BCUT2D eigenvalue weighted by Crippen LogP contribution is -2.22. The van der Waals surface area contributed by atoms with Crippen molar-refractivity contribution in [3.63, 3.8) is 0 Å². The van der Waals surface area contributed by atoms with Gasteiger partial charge in [-0.1, -0.05) is 13.0 Å². The van der Waals surface area contributed by atoms with Gasteiger partial charge in [-0.05, 0) is 54.4 Å². The van der Waals surface area contributed by atoms with Gasteiger partial charge in [0, 0.05) is 0 Å². The van der Waals surface area contributed by atoms with Gasteiger partial charge < -0.3 is 19.7 Å². The fraction of sp³-hybridized carbons (Fsp3) is 0.267. The average Bonchev–Trinajstić information content (AvgIpc) is 3.04. The van der Waals surface area contributed by atoms with Gasteiger partial charge in [-0.3, -0.25) is 0 Å². The highest BCUT2D eigenvalue weighted by molar-refractivity contribution is 6.28. The quantitative estimate of drug-likeness (QED) is 0.677. The molecule has 0 aliphatic rings. The van der Waals surface area contributed by atoms with Crippen LogP contribution in [0.5, 0.6) is 0 Å². The van der Waals surface area contributed by atoms with E-state index >= 15 is 0 Å². The van der Waals surface area contributed by atoms with Crippen molar-refractivity contribution in [1.82, 2.24) is 15.3 Å². The van der Waals surface area contributed by atoms with Crippen molar-refractivity contribution in [3.8, 4) is 0 Å². The van der Waals surface area contributed by atoms with Gasteiger partial charge in [-0.25, -0.2) is 4.79 Å². The van der Waals surface area contributed by atoms with Crippen LogP contribution in [0.15, 0.2) is 39.5 Å². The van der Waals surface area contributed by atoms with Crippen molar-refractivity contribution < 1.29 is 4.42 Å². The van der Waals surface area contributed by atoms with Crippen LogP contribution in [0.4, 0.5) is 0 Å². The molecule has 0 saturated carbocycles. The van der Waals surface area contributed by atoms with Crippen LogP contribution in [0.2, 0.25) is 5.22 Å². The topological polar surface area (TPSA) is 73.8 Å². The molecule has 0 fully saturated rings. The fourth-order valence-electron chi connectivity index (χ4n) is 2.38. The first-order valence-electron chi connectivity index (χ1n) is 6.88. The van der Waals surface area contributed by atoms with Gasteiger partial charge in [0.2, 0.25) is 0 Å². The van der Waals surface area contributed by atoms with Crippen LogP contribution in [0.3, 0.4) is 0 Å². The Morgan fingerprint density at radius 2 is 2.05 bits per heavy atom. The minimum atomic E-state index is -0.207. The summed E-state index contributed by atoms with van der Waals surface area (Å²) in [5, 5.41) is 3.80. The van der Waals surface area contributed by atoms with Gasteiger partial charge >= 0.3 is 5.69 Å². The van der Waals surface area contributed by atoms with E-state index in [1.807, 2.05) is 24.3 Å². The number of aromatic amines is 2. The SMILES string of the molecule is CCCNC(c1ccc2[nH]c(=O)[nH]c2c1)c1ccc(Cl)o1. The van der Waals surface area contributed by atoms with E-state index in [2.05, 4.69) is 22.2 Å². The summed E-state index contributed by atoms with van der Waals surface area (Å²) in [6, 6.07) is 9.29. The first-order chi connectivity index (χ1) is 10.2. The molecule has 1 unspecified atom stereocenters. The molecule has 0 amide bonds. The predicted molar refractivity (Wildman–Crippen MR) is 82.8 cm³/mol. The minimum absolute atomic E-state index is 0.0970. The molecule has 5 nitrogen and oxygen atoms in total. The summed E-state index contributed by atoms with van der Waals surface area (Å²) < 4.78 is 5.54. The molecule has 0 bridgehead atoms. The zero-order valence-corrected chi connectivity index (χ0v) is 12.3. The van der Waals surface area contributed by atoms with Gasteiger partial charge in [-0.15, -0.1) is 0 Å². The van der Waals surface area contributed by atoms with Gasteiger partial charge in [0.05, 0.1) is 17.1 Å². The third-order valence-corrected chi connectivity index (χ3v) is 3.55. The van der Waals surface area contributed by atoms with E-state index in [-0.39, 0.29) is 11.7 Å². The number of furan rings is 1. The maximum atomic E-state index is 11.4. The summed E-state index contributed by atoms with van der Waals surface area (Å²) in [6.07, 6.45) is 1.01. The minimum Gasteiger partial charge on any atom is -0.448 e. The van der Waals surface area contributed by atoms with Crippen molar-refractivity contribution in [2.24, 2.45) is 0 Å². The summed E-state index contributed by atoms with van der Waals surface area (Å²) in [4.78, 5) is 16.9. The summed E-state index contributed by atoms with van der Waals surface area (Å²) in [7, 11) is 0. The molecule has 0 aliphatic carbocycles. The lowest BCUT2D eigenvalue weighted by Gasteiger charge is -2.16. The van der Waals surface area contributed by atoms with Crippen LogP contribution in [-0.4, -0.2) is 16.5 Å². The second-order valence-corrected chi connectivity index (χ2v) is 5.29. The van der Waals surface area contributed by atoms with Gasteiger partial charge in [-0.2, -0.15) is 0 Å². The van der Waals surface area contributed by atoms with E-state index in [0.29, 0.717) is 5.22 Å². The maximum Gasteiger partial charge on any atom is 0.323 e. The number of H-pyrrole nitrogens is 2. The molecule has 21 heavy (non-hydrogen) atoms. The fourth-order valence-corrected chi connectivity index (χ4v) is 2.54. The van der Waals surface area contributed by atoms with Crippen LogP contribution in [0.1, 0.15) is 30.7 Å². The number of nitrogens with one attached hydrogen (secondary N) is 3. The molecule has 1 atom stereocenters. The van der Waals surface area contributed by atoms with Crippen molar-refractivity contribution in [3.05, 3.63) is 57.4 Å². The highest BCUT2D eigenvalue weighted by Gasteiger charge is 2.18. The first-order valence-corrected chi connectivity index (χ1v) is 7.25. The summed E-state index contributed by atoms with van der Waals surface area (Å²) in [5.74, 6) is 0.755. The van der Waals surface area contributed by atoms with Crippen LogP contribution in [0, 0.1) is 0 Å². The Kier molecular flexibility index (Phi) is 3.86. The van der Waals surface area contributed by atoms with E-state index < -0.39 is 0 Å². The molecule has 3 aromatic rings. The number of fused-ring (bicyclic) bond motifs is 1. The monoisotopic (exact) mass is 305 g/mol. The maximum absolute atomic E-state index is 11.4. The van der Waals surface area contributed by atoms with Crippen molar-refractivity contribution in [2.75, 3.05) is 6.54 Å². The Morgan fingerprint density at radius 1 is 1.24 bits per heavy atom. The van der Waals surface area contributed by atoms with Crippen LogP contribution in [0.25, 0.3) is 11.0 Å². The Morgan fingerprint density at radius 3 is 2.76 bits per heavy atom. The zero-order chi connectivity index (χ0) is 14.8. The second-order valence-electron chi connectivity index (χ2n) is 4.91. The van der Waals surface area contributed by atoms with Crippen LogP contribution >= 0.6 is 11.6 Å². The molecular weight excluding hydrogens is 290 g/mol. The molecule has 0 spiro atoms. The normalized spacial score (nSPS) is 12.9. The van der Waals surface area contributed by atoms with E-state index in [9.17, 15) is 4.79 Å². The highest BCUT2D eigenvalue weighted by Crippen LogP contribution is 2.27. The molecule has 2 aromatic heterocycles. The first kappa shape index (κ1) is 14.0. The number of hydrogen-bond donors (Lipinski definition) is 3. The largest absolute Gasteiger partial charge is 0.448 e. The van der Waals surface area contributed by atoms with Crippen molar-refractivity contribution in [2.45, 2.75) is 19.4 Å². The molecule has 3 rings (SSSR count). The molecule has 1 aromatic carbocycles. The number of rotatable bonds is 5. The van der Waals surface area contributed by atoms with Gasteiger partial charge in [0.1, 0.15) is 5.76 Å². The second kappa shape index (κ2) is 5.79. The predicted octanol–water partition coefficient (Wildman–Crippen LogP) is 3.19. The lowest BCUT2D eigenvalue weighted by atomic mass is 10.0. The molecule has 0 saturated heterocycles.